The van der Waals surface area contributed by atoms with E-state index in [4.69, 9.17) is 13.3 Å². The summed E-state index contributed by atoms with van der Waals surface area (Å²) < 4.78 is 22.8. The molecule has 0 aromatic heterocycles. The summed E-state index contributed by atoms with van der Waals surface area (Å²) in [6.45, 7) is 0. The molecule has 0 saturated carbocycles. The van der Waals surface area contributed by atoms with E-state index in [0.29, 0.717) is 0 Å². The third kappa shape index (κ3) is 40.2. The van der Waals surface area contributed by atoms with E-state index in [1.165, 1.54) is 0 Å². The van der Waals surface area contributed by atoms with Crippen LogP contribution in [0, 0.1) is 0 Å². The topological polar surface area (TPSA) is 57.5 Å². The van der Waals surface area contributed by atoms with Gasteiger partial charge >= 0.3 is 37.7 Å². The maximum absolute atomic E-state index is 8.67. The first kappa shape index (κ1) is 15.7. The minimum atomic E-state index is -2.61. The summed E-state index contributed by atoms with van der Waals surface area (Å²) in [5.41, 5.74) is 0. The Balaban J connectivity index is -0.0000000450. The van der Waals surface area contributed by atoms with E-state index in [2.05, 4.69) is 0 Å². The van der Waals surface area contributed by atoms with E-state index in [9.17, 15) is 0 Å². The van der Waals surface area contributed by atoms with Gasteiger partial charge in [0.1, 0.15) is 0 Å². The minimum absolute atomic E-state index is 0. The molecule has 0 aliphatic rings. The number of hydrogen-bond donors (Lipinski definition) is 2. The van der Waals surface area contributed by atoms with Crippen LogP contribution in [0.3, 0.4) is 0 Å². The Hall–Kier alpha value is 1.85. The van der Waals surface area contributed by atoms with Gasteiger partial charge in [-0.05, 0) is 0 Å². The van der Waals surface area contributed by atoms with E-state index in [1.54, 1.807) is 0 Å². The van der Waals surface area contributed by atoms with Crippen molar-refractivity contribution < 1.29 is 30.4 Å². The fourth-order valence-electron chi connectivity index (χ4n) is 0. The van der Waals surface area contributed by atoms with Gasteiger partial charge in [-0.2, -0.15) is 4.21 Å². The normalized spacial score (nSPS) is 5.83. The first-order chi connectivity index (χ1) is 1.73. The van der Waals surface area contributed by atoms with Crippen molar-refractivity contribution >= 4 is 49.1 Å². The van der Waals surface area contributed by atoms with Crippen LogP contribution in [-0.2, 0) is 28.4 Å². The van der Waals surface area contributed by atoms with Crippen LogP contribution in [0.2, 0.25) is 0 Å². The van der Waals surface area contributed by atoms with Crippen LogP contribution >= 0.6 is 0 Å². The van der Waals surface area contributed by atoms with Gasteiger partial charge in [-0.25, -0.2) is 0 Å². The third-order valence-corrected chi connectivity index (χ3v) is 0. The van der Waals surface area contributed by atoms with E-state index in [-0.39, 0.29) is 54.8 Å². The van der Waals surface area contributed by atoms with Crippen molar-refractivity contribution in [2.45, 2.75) is 0 Å². The van der Waals surface area contributed by atoms with Crippen LogP contribution in [0.4, 0.5) is 0 Å². The molecule has 3 nitrogen and oxygen atoms in total. The Morgan fingerprint density at radius 2 is 1.33 bits per heavy atom. The fraction of sp³-hybridized carbons (Fsp3) is 0. The van der Waals surface area contributed by atoms with Gasteiger partial charge in [-0.1, -0.05) is 0 Å². The second-order valence-electron chi connectivity index (χ2n) is 0.231. The predicted octanol–water partition coefficient (Wildman–Crippen LogP) is -1.24. The Bertz CT molecular complexity index is 33.8. The molecular formula is H4CaCuO3S. The smallest absolute Gasteiger partial charge is 0 e. The van der Waals surface area contributed by atoms with Gasteiger partial charge in [0.15, 0.2) is 0 Å². The first-order valence-corrected chi connectivity index (χ1v) is 1.60. The number of rotatable bonds is 0. The zero-order valence-electron chi connectivity index (χ0n) is 2.01. The molecule has 0 aromatic carbocycles. The zero-order valence-corrected chi connectivity index (χ0v) is 3.77. The van der Waals surface area contributed by atoms with Crippen molar-refractivity contribution in [2.24, 2.45) is 0 Å². The summed E-state index contributed by atoms with van der Waals surface area (Å²) in [4.78, 5) is 0. The van der Waals surface area contributed by atoms with Crippen molar-refractivity contribution in [1.29, 1.82) is 0 Å². The molecule has 41 valence electrons. The Kier molecular flexibility index (Phi) is 26.0. The molecule has 0 spiro atoms. The average Bonchev–Trinajstić information content (AvgIpc) is 0.811. The Morgan fingerprint density at radius 1 is 1.33 bits per heavy atom. The van der Waals surface area contributed by atoms with Crippen LogP contribution in [0.1, 0.15) is 0 Å². The molecule has 0 heterocycles. The monoisotopic (exact) mass is 187 g/mol. The predicted molar refractivity (Wildman–Crippen MR) is 21.9 cm³/mol. The molecule has 0 aromatic rings. The molecule has 6 heavy (non-hydrogen) atoms. The zero-order chi connectivity index (χ0) is 3.58. The summed E-state index contributed by atoms with van der Waals surface area (Å²) in [6, 6.07) is 0. The summed E-state index contributed by atoms with van der Waals surface area (Å²) in [5, 5.41) is 0. The summed E-state index contributed by atoms with van der Waals surface area (Å²) in [6.07, 6.45) is 0. The van der Waals surface area contributed by atoms with Crippen molar-refractivity contribution in [3.05, 3.63) is 0 Å². The van der Waals surface area contributed by atoms with E-state index >= 15 is 0 Å². The maximum Gasteiger partial charge on any atom is 0 e. The van der Waals surface area contributed by atoms with Crippen LogP contribution in [0.15, 0.2) is 0 Å². The molecule has 0 aliphatic carbocycles. The molecule has 0 atom stereocenters. The van der Waals surface area contributed by atoms with Crippen LogP contribution in [0.5, 0.6) is 0 Å². The fourth-order valence-corrected chi connectivity index (χ4v) is 0. The summed E-state index contributed by atoms with van der Waals surface area (Å²) in [7, 11) is 0. The number of hydrogen-bond acceptors (Lipinski definition) is 1. The molecule has 0 unspecified atom stereocenters. The summed E-state index contributed by atoms with van der Waals surface area (Å²) >= 11 is -2.61. The molecule has 0 rings (SSSR count). The van der Waals surface area contributed by atoms with Crippen molar-refractivity contribution in [3.8, 4) is 0 Å². The largest absolute Gasteiger partial charge is 0 e. The molecule has 0 saturated heterocycles. The van der Waals surface area contributed by atoms with Gasteiger partial charge < -0.3 is 0 Å². The standard InChI is InChI=1S/Ca.Cu.H2O3S.2H/c;;1-4(2)3;;/h;;(H2,1,2,3);;. The second-order valence-corrected chi connectivity index (χ2v) is 0.692. The van der Waals surface area contributed by atoms with Crippen molar-refractivity contribution in [3.63, 3.8) is 0 Å². The maximum atomic E-state index is 8.67. The average molecular weight is 188 g/mol. The Morgan fingerprint density at radius 3 is 1.33 bits per heavy atom. The molecule has 2 N–H and O–H groups in total. The Labute approximate surface area is 78.5 Å². The van der Waals surface area contributed by atoms with E-state index in [1.807, 2.05) is 0 Å². The van der Waals surface area contributed by atoms with Crippen LogP contribution in [-0.4, -0.2) is 51.1 Å². The van der Waals surface area contributed by atoms with E-state index < -0.39 is 11.4 Å². The first-order valence-electron chi connectivity index (χ1n) is 0.532. The van der Waals surface area contributed by atoms with Crippen LogP contribution < -0.4 is 0 Å². The molecule has 0 aliphatic heterocycles. The molecule has 6 heteroatoms. The quantitative estimate of drug-likeness (QED) is 0.369. The van der Waals surface area contributed by atoms with Crippen molar-refractivity contribution in [1.82, 2.24) is 0 Å². The molecule has 0 amide bonds. The van der Waals surface area contributed by atoms with Crippen LogP contribution in [0.25, 0.3) is 0 Å². The van der Waals surface area contributed by atoms with Gasteiger partial charge in [0.25, 0.3) is 11.4 Å². The SMILES string of the molecule is O=S(O)O.[CaH2].[Cu]. The van der Waals surface area contributed by atoms with Gasteiger partial charge in [-0.3, -0.25) is 9.11 Å². The second kappa shape index (κ2) is 9.97. The van der Waals surface area contributed by atoms with Crippen molar-refractivity contribution in [2.75, 3.05) is 0 Å². The molecule has 0 bridgehead atoms. The molecule has 1 radical (unpaired) electrons. The summed E-state index contributed by atoms with van der Waals surface area (Å²) in [5.74, 6) is 0. The molecule has 0 fully saturated rings. The van der Waals surface area contributed by atoms with Gasteiger partial charge in [0.2, 0.25) is 0 Å². The van der Waals surface area contributed by atoms with Gasteiger partial charge in [0.05, 0.1) is 0 Å². The van der Waals surface area contributed by atoms with Gasteiger partial charge in [0, 0.05) is 17.1 Å². The van der Waals surface area contributed by atoms with E-state index in [0.717, 1.165) is 0 Å². The minimum Gasteiger partial charge on any atom is 0 e. The molecular weight excluding hydrogens is 184 g/mol. The third-order valence-electron chi connectivity index (χ3n) is 0. The van der Waals surface area contributed by atoms with Gasteiger partial charge in [-0.15, -0.1) is 0 Å².